The van der Waals surface area contributed by atoms with Crippen LogP contribution >= 0.6 is 33.9 Å². The van der Waals surface area contributed by atoms with E-state index in [9.17, 15) is 4.79 Å². The number of benzene rings is 1. The molecule has 0 atom stereocenters. The summed E-state index contributed by atoms with van der Waals surface area (Å²) in [5, 5.41) is 1.12. The molecular weight excluding hydrogens is 311 g/mol. The second-order valence-corrected chi connectivity index (χ2v) is 4.86. The van der Waals surface area contributed by atoms with E-state index in [1.807, 2.05) is 24.3 Å². The average Bonchev–Trinajstić information content (AvgIpc) is 2.56. The van der Waals surface area contributed by atoms with E-state index in [0.717, 1.165) is 13.7 Å². The minimum atomic E-state index is -0.254. The van der Waals surface area contributed by atoms with Gasteiger partial charge in [0.2, 0.25) is 0 Å². The molecule has 72 valence electrons. The lowest BCUT2D eigenvalue weighted by atomic mass is 10.2. The zero-order chi connectivity index (χ0) is 10.1. The van der Waals surface area contributed by atoms with Crippen molar-refractivity contribution in [2.75, 3.05) is 7.11 Å². The maximum Gasteiger partial charge on any atom is 0.349 e. The maximum atomic E-state index is 11.4. The summed E-state index contributed by atoms with van der Waals surface area (Å²) in [6.45, 7) is 0. The van der Waals surface area contributed by atoms with Crippen molar-refractivity contribution in [3.8, 4) is 0 Å². The number of hydrogen-bond donors (Lipinski definition) is 0. The Hall–Kier alpha value is -0.620. The van der Waals surface area contributed by atoms with Crippen molar-refractivity contribution in [3.05, 3.63) is 32.7 Å². The van der Waals surface area contributed by atoms with Gasteiger partial charge in [-0.05, 0) is 28.7 Å². The van der Waals surface area contributed by atoms with Crippen LogP contribution in [-0.2, 0) is 4.74 Å². The van der Waals surface area contributed by atoms with E-state index in [0.29, 0.717) is 4.88 Å². The Morgan fingerprint density at radius 3 is 2.79 bits per heavy atom. The molecule has 4 heteroatoms. The lowest BCUT2D eigenvalue weighted by molar-refractivity contribution is 0.0605. The second-order valence-electron chi connectivity index (χ2n) is 2.73. The minimum Gasteiger partial charge on any atom is -0.465 e. The number of fused-ring (bicyclic) bond motifs is 1. The molecular formula is C10H7IO2S. The number of thiophene rings is 1. The summed E-state index contributed by atoms with van der Waals surface area (Å²) < 4.78 is 6.82. The third-order valence-corrected chi connectivity index (χ3v) is 4.54. The summed E-state index contributed by atoms with van der Waals surface area (Å²) in [7, 11) is 1.41. The van der Waals surface area contributed by atoms with Gasteiger partial charge in [-0.25, -0.2) is 4.79 Å². The van der Waals surface area contributed by atoms with Gasteiger partial charge < -0.3 is 4.74 Å². The standard InChI is InChI=1S/C10H7IO2S/c1-13-10(12)9-8(11)6-4-2-3-5-7(6)14-9/h2-5H,1H3. The monoisotopic (exact) mass is 318 g/mol. The Morgan fingerprint density at radius 1 is 1.43 bits per heavy atom. The molecule has 0 N–H and O–H groups in total. The van der Waals surface area contributed by atoms with Crippen LogP contribution in [0.3, 0.4) is 0 Å². The zero-order valence-electron chi connectivity index (χ0n) is 7.41. The fourth-order valence-electron chi connectivity index (χ4n) is 1.24. The van der Waals surface area contributed by atoms with Crippen LogP contribution in [0.4, 0.5) is 0 Å². The summed E-state index contributed by atoms with van der Waals surface area (Å²) in [4.78, 5) is 12.1. The first kappa shape index (κ1) is 9.92. The van der Waals surface area contributed by atoms with Crippen molar-refractivity contribution in [3.63, 3.8) is 0 Å². The highest BCUT2D eigenvalue weighted by Gasteiger charge is 2.16. The van der Waals surface area contributed by atoms with Crippen LogP contribution in [0.15, 0.2) is 24.3 Å². The van der Waals surface area contributed by atoms with Crippen molar-refractivity contribution < 1.29 is 9.53 Å². The van der Waals surface area contributed by atoms with Gasteiger partial charge in [-0.1, -0.05) is 18.2 Å². The highest BCUT2D eigenvalue weighted by molar-refractivity contribution is 14.1. The quantitative estimate of drug-likeness (QED) is 0.596. The highest BCUT2D eigenvalue weighted by Crippen LogP contribution is 2.32. The van der Waals surface area contributed by atoms with Gasteiger partial charge in [-0.3, -0.25) is 0 Å². The molecule has 0 aliphatic carbocycles. The molecule has 2 nitrogen and oxygen atoms in total. The zero-order valence-corrected chi connectivity index (χ0v) is 10.4. The van der Waals surface area contributed by atoms with E-state index < -0.39 is 0 Å². The van der Waals surface area contributed by atoms with Crippen molar-refractivity contribution in [2.24, 2.45) is 0 Å². The van der Waals surface area contributed by atoms with Gasteiger partial charge in [-0.2, -0.15) is 0 Å². The summed E-state index contributed by atoms with van der Waals surface area (Å²) >= 11 is 3.66. The van der Waals surface area contributed by atoms with E-state index in [1.54, 1.807) is 0 Å². The molecule has 0 amide bonds. The van der Waals surface area contributed by atoms with Crippen LogP contribution in [0.25, 0.3) is 10.1 Å². The highest BCUT2D eigenvalue weighted by atomic mass is 127. The second kappa shape index (κ2) is 3.86. The van der Waals surface area contributed by atoms with Gasteiger partial charge in [0.1, 0.15) is 4.88 Å². The Kier molecular flexibility index (Phi) is 2.73. The van der Waals surface area contributed by atoms with Crippen LogP contribution in [0.5, 0.6) is 0 Å². The van der Waals surface area contributed by atoms with Gasteiger partial charge in [-0.15, -0.1) is 11.3 Å². The molecule has 0 saturated carbocycles. The van der Waals surface area contributed by atoms with Crippen LogP contribution in [0, 0.1) is 3.57 Å². The number of halogens is 1. The van der Waals surface area contributed by atoms with Crippen LogP contribution in [-0.4, -0.2) is 13.1 Å². The number of carbonyl (C=O) groups is 1. The predicted octanol–water partition coefficient (Wildman–Crippen LogP) is 3.29. The SMILES string of the molecule is COC(=O)c1sc2ccccc2c1I. The lowest BCUT2D eigenvalue weighted by Gasteiger charge is -1.94. The minimum absolute atomic E-state index is 0.254. The fraction of sp³-hybridized carbons (Fsp3) is 0.100. The summed E-state index contributed by atoms with van der Waals surface area (Å²) in [5.74, 6) is -0.254. The molecule has 0 bridgehead atoms. The number of hydrogen-bond acceptors (Lipinski definition) is 3. The molecule has 2 aromatic rings. The van der Waals surface area contributed by atoms with E-state index in [4.69, 9.17) is 4.74 Å². The van der Waals surface area contributed by atoms with Crippen molar-refractivity contribution >= 4 is 50.0 Å². The number of methoxy groups -OCH3 is 1. The van der Waals surface area contributed by atoms with Crippen molar-refractivity contribution in [2.45, 2.75) is 0 Å². The van der Waals surface area contributed by atoms with Crippen molar-refractivity contribution in [1.82, 2.24) is 0 Å². The molecule has 0 saturated heterocycles. The van der Waals surface area contributed by atoms with E-state index >= 15 is 0 Å². The van der Waals surface area contributed by atoms with Gasteiger partial charge >= 0.3 is 5.97 Å². The largest absolute Gasteiger partial charge is 0.465 e. The lowest BCUT2D eigenvalue weighted by Crippen LogP contribution is -1.99. The summed E-state index contributed by atoms with van der Waals surface area (Å²) in [6.07, 6.45) is 0. The molecule has 0 aliphatic rings. The molecule has 1 aromatic carbocycles. The summed E-state index contributed by atoms with van der Waals surface area (Å²) in [6, 6.07) is 7.96. The van der Waals surface area contributed by atoms with Gasteiger partial charge in [0.15, 0.2) is 0 Å². The molecule has 2 rings (SSSR count). The Morgan fingerprint density at radius 2 is 2.14 bits per heavy atom. The topological polar surface area (TPSA) is 26.3 Å². The molecule has 0 unspecified atom stereocenters. The first-order chi connectivity index (χ1) is 6.74. The van der Waals surface area contributed by atoms with Gasteiger partial charge in [0, 0.05) is 13.7 Å². The molecule has 1 heterocycles. The van der Waals surface area contributed by atoms with E-state index in [2.05, 4.69) is 22.6 Å². The molecule has 0 spiro atoms. The Labute approximate surface area is 99.0 Å². The average molecular weight is 318 g/mol. The molecule has 14 heavy (non-hydrogen) atoms. The number of rotatable bonds is 1. The van der Waals surface area contributed by atoms with Gasteiger partial charge in [0.25, 0.3) is 0 Å². The number of carbonyl (C=O) groups excluding carboxylic acids is 1. The molecule has 0 aliphatic heterocycles. The van der Waals surface area contributed by atoms with E-state index in [1.165, 1.54) is 18.4 Å². The number of esters is 1. The smallest absolute Gasteiger partial charge is 0.349 e. The van der Waals surface area contributed by atoms with Crippen molar-refractivity contribution in [1.29, 1.82) is 0 Å². The van der Waals surface area contributed by atoms with E-state index in [-0.39, 0.29) is 5.97 Å². The predicted molar refractivity (Wildman–Crippen MR) is 65.9 cm³/mol. The Bertz CT molecular complexity index is 490. The third-order valence-electron chi connectivity index (χ3n) is 1.91. The van der Waals surface area contributed by atoms with Gasteiger partial charge in [0.05, 0.1) is 7.11 Å². The van der Waals surface area contributed by atoms with Crippen LogP contribution < -0.4 is 0 Å². The van der Waals surface area contributed by atoms with Crippen LogP contribution in [0.2, 0.25) is 0 Å². The summed E-state index contributed by atoms with van der Waals surface area (Å²) in [5.41, 5.74) is 0. The maximum absolute atomic E-state index is 11.4. The van der Waals surface area contributed by atoms with Crippen LogP contribution in [0.1, 0.15) is 9.67 Å². The number of ether oxygens (including phenoxy) is 1. The Balaban J connectivity index is 2.68. The molecule has 1 aromatic heterocycles. The molecule has 0 fully saturated rings. The molecule has 0 radical (unpaired) electrons. The normalized spacial score (nSPS) is 10.4. The fourth-order valence-corrected chi connectivity index (χ4v) is 3.45. The third kappa shape index (κ3) is 1.52. The first-order valence-corrected chi connectivity index (χ1v) is 5.89. The first-order valence-electron chi connectivity index (χ1n) is 3.99.